The predicted octanol–water partition coefficient (Wildman–Crippen LogP) is 3.33. The van der Waals surface area contributed by atoms with Gasteiger partial charge in [0, 0.05) is 12.0 Å². The molecule has 2 nitrogen and oxygen atoms in total. The summed E-state index contributed by atoms with van der Waals surface area (Å²) < 4.78 is 5.79. The molecule has 1 saturated carbocycles. The van der Waals surface area contributed by atoms with Crippen LogP contribution in [0.15, 0.2) is 24.3 Å². The number of likely N-dealkylation sites (N-methyl/N-ethyl adjacent to an activating group) is 1. The molecule has 0 radical (unpaired) electrons. The molecule has 0 bridgehead atoms. The van der Waals surface area contributed by atoms with Crippen LogP contribution >= 0.6 is 0 Å². The quantitative estimate of drug-likeness (QED) is 0.878. The summed E-state index contributed by atoms with van der Waals surface area (Å²) in [6.07, 6.45) is 5.37. The van der Waals surface area contributed by atoms with Gasteiger partial charge in [-0.2, -0.15) is 0 Å². The lowest BCUT2D eigenvalue weighted by Crippen LogP contribution is -2.45. The fourth-order valence-electron chi connectivity index (χ4n) is 3.41. The van der Waals surface area contributed by atoms with Crippen molar-refractivity contribution >= 4 is 0 Å². The van der Waals surface area contributed by atoms with Gasteiger partial charge in [0.1, 0.15) is 5.75 Å². The van der Waals surface area contributed by atoms with Gasteiger partial charge < -0.3 is 10.1 Å². The van der Waals surface area contributed by atoms with E-state index in [1.807, 2.05) is 0 Å². The summed E-state index contributed by atoms with van der Waals surface area (Å²) in [4.78, 5) is 0. The molecule has 1 fully saturated rings. The Hall–Kier alpha value is -1.02. The van der Waals surface area contributed by atoms with Crippen molar-refractivity contribution in [1.29, 1.82) is 0 Å². The molecule has 0 aromatic heterocycles. The number of rotatable bonds is 4. The van der Waals surface area contributed by atoms with Crippen LogP contribution in [0.2, 0.25) is 0 Å². The van der Waals surface area contributed by atoms with Crippen LogP contribution in [-0.2, 0) is 0 Å². The Labute approximate surface area is 110 Å². The number of hydrogen-bond acceptors (Lipinski definition) is 2. The van der Waals surface area contributed by atoms with Crippen molar-refractivity contribution in [2.24, 2.45) is 5.92 Å². The van der Waals surface area contributed by atoms with E-state index in [1.54, 1.807) is 0 Å². The van der Waals surface area contributed by atoms with Gasteiger partial charge in [-0.15, -0.1) is 0 Å². The molecule has 0 amide bonds. The maximum Gasteiger partial charge on any atom is 0.122 e. The molecule has 1 heterocycles. The first-order valence-corrected chi connectivity index (χ1v) is 7.35. The first-order chi connectivity index (χ1) is 8.90. The van der Waals surface area contributed by atoms with Crippen LogP contribution in [0.1, 0.15) is 44.1 Å². The van der Waals surface area contributed by atoms with Crippen molar-refractivity contribution in [3.05, 3.63) is 29.8 Å². The molecule has 98 valence electrons. The maximum atomic E-state index is 5.79. The van der Waals surface area contributed by atoms with E-state index >= 15 is 0 Å². The van der Waals surface area contributed by atoms with Gasteiger partial charge in [0.05, 0.1) is 6.61 Å². The molecule has 1 N–H and O–H groups in total. The Morgan fingerprint density at radius 3 is 2.83 bits per heavy atom. The number of fused-ring (bicyclic) bond motifs is 1. The Kier molecular flexibility index (Phi) is 3.55. The second-order valence-electron chi connectivity index (χ2n) is 5.56. The van der Waals surface area contributed by atoms with Gasteiger partial charge in [-0.25, -0.2) is 0 Å². The maximum absolute atomic E-state index is 5.79. The fraction of sp³-hybridized carbons (Fsp3) is 0.625. The summed E-state index contributed by atoms with van der Waals surface area (Å²) in [5, 5.41) is 3.74. The minimum atomic E-state index is 0.639. The van der Waals surface area contributed by atoms with Crippen molar-refractivity contribution in [2.75, 3.05) is 13.2 Å². The van der Waals surface area contributed by atoms with E-state index in [0.29, 0.717) is 12.0 Å². The third-order valence-corrected chi connectivity index (χ3v) is 4.54. The molecule has 2 aliphatic rings. The SMILES string of the molecule is CCNC(C1CCC1)C1CCOc2ccccc21. The van der Waals surface area contributed by atoms with Gasteiger partial charge in [-0.3, -0.25) is 0 Å². The van der Waals surface area contributed by atoms with Gasteiger partial charge in [-0.1, -0.05) is 31.5 Å². The Morgan fingerprint density at radius 2 is 2.11 bits per heavy atom. The molecule has 2 heteroatoms. The van der Waals surface area contributed by atoms with Crippen molar-refractivity contribution < 1.29 is 4.74 Å². The highest BCUT2D eigenvalue weighted by molar-refractivity contribution is 5.39. The van der Waals surface area contributed by atoms with Gasteiger partial charge in [0.25, 0.3) is 0 Å². The molecule has 2 unspecified atom stereocenters. The lowest BCUT2D eigenvalue weighted by Gasteiger charge is -2.41. The summed E-state index contributed by atoms with van der Waals surface area (Å²) >= 11 is 0. The number of hydrogen-bond donors (Lipinski definition) is 1. The molecule has 1 aromatic rings. The summed E-state index contributed by atoms with van der Waals surface area (Å²) in [6.45, 7) is 4.16. The number of ether oxygens (including phenoxy) is 1. The van der Waals surface area contributed by atoms with E-state index in [-0.39, 0.29) is 0 Å². The molecule has 3 rings (SSSR count). The van der Waals surface area contributed by atoms with Crippen LogP contribution in [0.3, 0.4) is 0 Å². The lowest BCUT2D eigenvalue weighted by molar-refractivity contribution is 0.170. The molecule has 1 aliphatic heterocycles. The van der Waals surface area contributed by atoms with Gasteiger partial charge in [0.2, 0.25) is 0 Å². The standard InChI is InChI=1S/C16H23NO/c1-2-17-16(12-6-5-7-12)14-10-11-18-15-9-4-3-8-13(14)15/h3-4,8-9,12,14,16-17H,2,5-7,10-11H2,1H3. The van der Waals surface area contributed by atoms with E-state index in [0.717, 1.165) is 31.2 Å². The highest BCUT2D eigenvalue weighted by atomic mass is 16.5. The van der Waals surface area contributed by atoms with Crippen molar-refractivity contribution in [1.82, 2.24) is 5.32 Å². The molecule has 1 aliphatic carbocycles. The summed E-state index contributed by atoms with van der Waals surface area (Å²) in [7, 11) is 0. The van der Waals surface area contributed by atoms with Crippen molar-refractivity contribution in [2.45, 2.75) is 44.6 Å². The predicted molar refractivity (Wildman–Crippen MR) is 74.1 cm³/mol. The molecular formula is C16H23NO. The fourth-order valence-corrected chi connectivity index (χ4v) is 3.41. The zero-order chi connectivity index (χ0) is 12.4. The van der Waals surface area contributed by atoms with E-state index in [2.05, 4.69) is 36.5 Å². The first-order valence-electron chi connectivity index (χ1n) is 7.35. The summed E-state index contributed by atoms with van der Waals surface area (Å²) in [5.74, 6) is 2.62. The third-order valence-electron chi connectivity index (χ3n) is 4.54. The van der Waals surface area contributed by atoms with E-state index in [4.69, 9.17) is 4.74 Å². The first kappa shape index (κ1) is 12.0. The minimum absolute atomic E-state index is 0.639. The second kappa shape index (κ2) is 5.31. The van der Waals surface area contributed by atoms with Crippen LogP contribution in [0, 0.1) is 5.92 Å². The normalized spacial score (nSPS) is 24.8. The van der Waals surface area contributed by atoms with Crippen LogP contribution in [0.4, 0.5) is 0 Å². The Morgan fingerprint density at radius 1 is 1.28 bits per heavy atom. The van der Waals surface area contributed by atoms with Crippen LogP contribution in [-0.4, -0.2) is 19.2 Å². The van der Waals surface area contributed by atoms with Crippen LogP contribution < -0.4 is 10.1 Å². The molecule has 1 aromatic carbocycles. The van der Waals surface area contributed by atoms with Gasteiger partial charge in [0.15, 0.2) is 0 Å². The highest BCUT2D eigenvalue weighted by Crippen LogP contribution is 2.42. The largest absolute Gasteiger partial charge is 0.493 e. The molecule has 0 spiro atoms. The molecule has 2 atom stereocenters. The van der Waals surface area contributed by atoms with E-state index in [9.17, 15) is 0 Å². The average molecular weight is 245 g/mol. The van der Waals surface area contributed by atoms with E-state index in [1.165, 1.54) is 24.8 Å². The monoisotopic (exact) mass is 245 g/mol. The smallest absolute Gasteiger partial charge is 0.122 e. The van der Waals surface area contributed by atoms with Crippen molar-refractivity contribution in [3.8, 4) is 5.75 Å². The topological polar surface area (TPSA) is 21.3 Å². The number of nitrogens with one attached hydrogen (secondary N) is 1. The Balaban J connectivity index is 1.85. The zero-order valence-corrected chi connectivity index (χ0v) is 11.2. The highest BCUT2D eigenvalue weighted by Gasteiger charge is 2.35. The minimum Gasteiger partial charge on any atom is -0.493 e. The third kappa shape index (κ3) is 2.14. The van der Waals surface area contributed by atoms with Crippen LogP contribution in [0.5, 0.6) is 5.75 Å². The average Bonchev–Trinajstić information content (AvgIpc) is 2.35. The van der Waals surface area contributed by atoms with Gasteiger partial charge in [-0.05, 0) is 43.4 Å². The second-order valence-corrected chi connectivity index (χ2v) is 5.56. The molecular weight excluding hydrogens is 222 g/mol. The van der Waals surface area contributed by atoms with Gasteiger partial charge >= 0.3 is 0 Å². The molecule has 18 heavy (non-hydrogen) atoms. The van der Waals surface area contributed by atoms with E-state index < -0.39 is 0 Å². The summed E-state index contributed by atoms with van der Waals surface area (Å²) in [5.41, 5.74) is 1.42. The zero-order valence-electron chi connectivity index (χ0n) is 11.2. The lowest BCUT2D eigenvalue weighted by atomic mass is 9.71. The Bertz CT molecular complexity index is 400. The number of para-hydroxylation sites is 1. The van der Waals surface area contributed by atoms with Crippen LogP contribution in [0.25, 0.3) is 0 Å². The molecule has 0 saturated heterocycles. The number of benzene rings is 1. The van der Waals surface area contributed by atoms with Crippen molar-refractivity contribution in [3.63, 3.8) is 0 Å². The summed E-state index contributed by atoms with van der Waals surface area (Å²) in [6, 6.07) is 9.23.